The molecule has 2 rings (SSSR count). The normalized spacial score (nSPS) is 10.2. The largest absolute Gasteiger partial charge is 0.465 e. The van der Waals surface area contributed by atoms with Gasteiger partial charge in [-0.15, -0.1) is 11.3 Å². The van der Waals surface area contributed by atoms with Crippen molar-refractivity contribution in [3.05, 3.63) is 33.4 Å². The van der Waals surface area contributed by atoms with Crippen molar-refractivity contribution in [3.63, 3.8) is 0 Å². The van der Waals surface area contributed by atoms with Crippen molar-refractivity contribution in [1.29, 1.82) is 0 Å². The second-order valence-corrected chi connectivity index (χ2v) is 4.69. The Kier molecular flexibility index (Phi) is 3.35. The van der Waals surface area contributed by atoms with Crippen molar-refractivity contribution in [2.24, 2.45) is 0 Å². The van der Waals surface area contributed by atoms with E-state index in [1.165, 1.54) is 7.11 Å². The maximum absolute atomic E-state index is 11.5. The molecule has 0 amide bonds. The molecular weight excluding hydrogens is 256 g/mol. The lowest BCUT2D eigenvalue weighted by Crippen LogP contribution is -2.08. The smallest absolute Gasteiger partial charge is 0.342 e. The van der Waals surface area contributed by atoms with Crippen LogP contribution in [-0.4, -0.2) is 23.0 Å². The van der Waals surface area contributed by atoms with E-state index in [1.807, 2.05) is 17.5 Å². The topological polar surface area (TPSA) is 55.0 Å². The van der Waals surface area contributed by atoms with Gasteiger partial charge in [-0.25, -0.2) is 9.78 Å². The second-order valence-electron chi connectivity index (χ2n) is 3.36. The zero-order valence-corrected chi connectivity index (χ0v) is 10.9. The van der Waals surface area contributed by atoms with Crippen molar-refractivity contribution in [2.45, 2.75) is 6.92 Å². The lowest BCUT2D eigenvalue weighted by atomic mass is 10.2. The summed E-state index contributed by atoms with van der Waals surface area (Å²) in [6.45, 7) is 1.78. The maximum Gasteiger partial charge on any atom is 0.342 e. The number of thiophene rings is 1. The minimum absolute atomic E-state index is 0.261. The molecule has 0 aliphatic heterocycles. The van der Waals surface area contributed by atoms with Crippen LogP contribution in [0.1, 0.15) is 16.1 Å². The van der Waals surface area contributed by atoms with Gasteiger partial charge < -0.3 is 9.72 Å². The molecule has 17 heavy (non-hydrogen) atoms. The zero-order valence-electron chi connectivity index (χ0n) is 9.31. The highest BCUT2D eigenvalue weighted by Gasteiger charge is 2.14. The lowest BCUT2D eigenvalue weighted by molar-refractivity contribution is 0.0598. The summed E-state index contributed by atoms with van der Waals surface area (Å²) >= 11 is 6.67. The molecule has 2 aromatic heterocycles. The first-order valence-corrected chi connectivity index (χ1v) is 6.15. The second kappa shape index (κ2) is 4.77. The number of rotatable bonds is 2. The fraction of sp³-hybridized carbons (Fsp3) is 0.182. The van der Waals surface area contributed by atoms with E-state index < -0.39 is 5.97 Å². The number of aromatic nitrogens is 2. The van der Waals surface area contributed by atoms with Gasteiger partial charge in [0.25, 0.3) is 0 Å². The molecule has 0 radical (unpaired) electrons. The van der Waals surface area contributed by atoms with Crippen molar-refractivity contribution in [1.82, 2.24) is 9.97 Å². The minimum Gasteiger partial charge on any atom is -0.465 e. The highest BCUT2D eigenvalue weighted by molar-refractivity contribution is 7.71. The monoisotopic (exact) mass is 266 g/mol. The molecule has 0 atom stereocenters. The molecule has 0 fully saturated rings. The molecule has 88 valence electrons. The van der Waals surface area contributed by atoms with Crippen LogP contribution in [0.3, 0.4) is 0 Å². The van der Waals surface area contributed by atoms with Crippen LogP contribution in [0, 0.1) is 11.6 Å². The standard InChI is InChI=1S/C11H10N2O2S2/c1-6-8(11(14)15-2)10(16)13-9(12-6)7-4-3-5-17-7/h3-5H,1-2H3,(H,12,13,16). The molecule has 0 saturated carbocycles. The summed E-state index contributed by atoms with van der Waals surface area (Å²) in [6.07, 6.45) is 0. The van der Waals surface area contributed by atoms with Gasteiger partial charge in [0.05, 0.1) is 12.0 Å². The van der Waals surface area contributed by atoms with Crippen LogP contribution >= 0.6 is 23.6 Å². The number of esters is 1. The number of H-pyrrole nitrogens is 1. The first-order chi connectivity index (χ1) is 8.13. The number of hydrogen-bond donors (Lipinski definition) is 1. The maximum atomic E-state index is 11.5. The fourth-order valence-corrected chi connectivity index (χ4v) is 2.46. The van der Waals surface area contributed by atoms with Crippen LogP contribution in [-0.2, 0) is 4.74 Å². The predicted octanol–water partition coefficient (Wildman–Crippen LogP) is 2.96. The number of aromatic amines is 1. The van der Waals surface area contributed by atoms with Gasteiger partial charge in [0.1, 0.15) is 16.0 Å². The van der Waals surface area contributed by atoms with Crippen molar-refractivity contribution in [3.8, 4) is 10.7 Å². The number of hydrogen-bond acceptors (Lipinski definition) is 5. The van der Waals surface area contributed by atoms with E-state index in [9.17, 15) is 4.79 Å². The number of methoxy groups -OCH3 is 1. The summed E-state index contributed by atoms with van der Waals surface area (Å²) < 4.78 is 4.93. The van der Waals surface area contributed by atoms with Gasteiger partial charge in [-0.1, -0.05) is 18.3 Å². The van der Waals surface area contributed by atoms with E-state index in [1.54, 1.807) is 18.3 Å². The number of carbonyl (C=O) groups is 1. The SMILES string of the molecule is COC(=O)c1c(C)[nH]c(-c2cccs2)nc1=S. The van der Waals surface area contributed by atoms with Gasteiger partial charge in [-0.3, -0.25) is 0 Å². The molecule has 0 aliphatic carbocycles. The quantitative estimate of drug-likeness (QED) is 0.670. The van der Waals surface area contributed by atoms with Gasteiger partial charge in [-0.05, 0) is 18.4 Å². The number of aryl methyl sites for hydroxylation is 1. The summed E-state index contributed by atoms with van der Waals surface area (Å²) in [5.41, 5.74) is 0.989. The molecular formula is C11H10N2O2S2. The van der Waals surface area contributed by atoms with Gasteiger partial charge >= 0.3 is 5.97 Å². The summed E-state index contributed by atoms with van der Waals surface area (Å²) in [4.78, 5) is 19.8. The molecule has 0 bridgehead atoms. The van der Waals surface area contributed by atoms with Crippen molar-refractivity contribution >= 4 is 29.5 Å². The molecule has 0 aromatic carbocycles. The third-order valence-corrected chi connectivity index (χ3v) is 3.42. The number of ether oxygens (including phenoxy) is 1. The van der Waals surface area contributed by atoms with Crippen molar-refractivity contribution < 1.29 is 9.53 Å². The first-order valence-electron chi connectivity index (χ1n) is 4.86. The molecule has 2 heterocycles. The lowest BCUT2D eigenvalue weighted by Gasteiger charge is -2.06. The summed E-state index contributed by atoms with van der Waals surface area (Å²) in [5.74, 6) is 0.212. The molecule has 2 aromatic rings. The Morgan fingerprint density at radius 3 is 2.88 bits per heavy atom. The van der Waals surface area contributed by atoms with Crippen LogP contribution in [0.25, 0.3) is 10.7 Å². The van der Waals surface area contributed by atoms with E-state index in [0.29, 0.717) is 17.1 Å². The molecule has 0 unspecified atom stereocenters. The van der Waals surface area contributed by atoms with Crippen LogP contribution in [0.4, 0.5) is 0 Å². The van der Waals surface area contributed by atoms with E-state index in [4.69, 9.17) is 12.2 Å². The molecule has 6 heteroatoms. The Morgan fingerprint density at radius 1 is 1.59 bits per heavy atom. The Labute approximate surface area is 107 Å². The summed E-state index contributed by atoms with van der Waals surface area (Å²) in [5, 5.41) is 1.96. The predicted molar refractivity (Wildman–Crippen MR) is 68.8 cm³/mol. The molecule has 0 spiro atoms. The molecule has 4 nitrogen and oxygen atoms in total. The highest BCUT2D eigenvalue weighted by atomic mass is 32.1. The Bertz CT molecular complexity index is 602. The number of nitrogens with zero attached hydrogens (tertiary/aromatic N) is 1. The summed E-state index contributed by atoms with van der Waals surface area (Å²) in [6, 6.07) is 3.87. The van der Waals surface area contributed by atoms with E-state index in [0.717, 1.165) is 4.88 Å². The Balaban J connectivity index is 2.57. The minimum atomic E-state index is -0.464. The van der Waals surface area contributed by atoms with Crippen LogP contribution in [0.2, 0.25) is 0 Å². The Hall–Kier alpha value is -1.53. The molecule has 1 N–H and O–H groups in total. The number of carbonyl (C=O) groups excluding carboxylic acids is 1. The highest BCUT2D eigenvalue weighted by Crippen LogP contribution is 2.22. The van der Waals surface area contributed by atoms with Crippen molar-refractivity contribution in [2.75, 3.05) is 7.11 Å². The molecule has 0 aliphatic rings. The third kappa shape index (κ3) is 2.27. The summed E-state index contributed by atoms with van der Waals surface area (Å²) in [7, 11) is 1.32. The fourth-order valence-electron chi connectivity index (χ4n) is 1.46. The zero-order chi connectivity index (χ0) is 12.4. The first kappa shape index (κ1) is 11.9. The Morgan fingerprint density at radius 2 is 2.35 bits per heavy atom. The third-order valence-electron chi connectivity index (χ3n) is 2.25. The van der Waals surface area contributed by atoms with Crippen LogP contribution in [0.5, 0.6) is 0 Å². The average molecular weight is 266 g/mol. The number of nitrogens with one attached hydrogen (secondary N) is 1. The van der Waals surface area contributed by atoms with Gasteiger partial charge in [0, 0.05) is 5.69 Å². The van der Waals surface area contributed by atoms with E-state index in [2.05, 4.69) is 14.7 Å². The van der Waals surface area contributed by atoms with Gasteiger partial charge in [0.15, 0.2) is 0 Å². The van der Waals surface area contributed by atoms with Gasteiger partial charge in [-0.2, -0.15) is 0 Å². The van der Waals surface area contributed by atoms with Crippen LogP contribution < -0.4 is 0 Å². The van der Waals surface area contributed by atoms with Crippen LogP contribution in [0.15, 0.2) is 17.5 Å². The van der Waals surface area contributed by atoms with E-state index >= 15 is 0 Å². The van der Waals surface area contributed by atoms with E-state index in [-0.39, 0.29) is 4.64 Å². The average Bonchev–Trinajstić information content (AvgIpc) is 2.81. The van der Waals surface area contributed by atoms with Gasteiger partial charge in [0.2, 0.25) is 0 Å². The molecule has 0 saturated heterocycles.